The van der Waals surface area contributed by atoms with Gasteiger partial charge in [0.05, 0.1) is 34.1 Å². The number of nitrogens with zero attached hydrogens (tertiary/aromatic N) is 2. The molecule has 34 heavy (non-hydrogen) atoms. The van der Waals surface area contributed by atoms with Gasteiger partial charge in [0, 0.05) is 5.69 Å². The molecule has 11 heteroatoms. The third-order valence-electron chi connectivity index (χ3n) is 4.31. The van der Waals surface area contributed by atoms with Crippen molar-refractivity contribution >= 4 is 46.4 Å². The Morgan fingerprint density at radius 2 is 1.74 bits per heavy atom. The average molecular weight is 491 g/mol. The summed E-state index contributed by atoms with van der Waals surface area (Å²) in [7, 11) is 0. The molecule has 0 fully saturated rings. The SMILES string of the molecule is CCOC(=O)c1cccc(N=Nc2ccccc2NC(=O)Nc2ccc(Cl)c(C(F)(F)F)c2)c1. The molecule has 3 aromatic carbocycles. The van der Waals surface area contributed by atoms with E-state index in [2.05, 4.69) is 20.9 Å². The van der Waals surface area contributed by atoms with Crippen LogP contribution in [0.3, 0.4) is 0 Å². The number of carbonyl (C=O) groups excluding carboxylic acids is 2. The van der Waals surface area contributed by atoms with Crippen LogP contribution in [0.4, 0.5) is 40.7 Å². The van der Waals surface area contributed by atoms with Crippen molar-refractivity contribution in [1.82, 2.24) is 0 Å². The van der Waals surface area contributed by atoms with Crippen LogP contribution in [0.5, 0.6) is 0 Å². The van der Waals surface area contributed by atoms with Crippen molar-refractivity contribution in [1.29, 1.82) is 0 Å². The maximum absolute atomic E-state index is 13.0. The van der Waals surface area contributed by atoms with E-state index in [1.54, 1.807) is 49.4 Å². The maximum Gasteiger partial charge on any atom is 0.417 e. The number of esters is 1. The Kier molecular flexibility index (Phi) is 7.85. The van der Waals surface area contributed by atoms with E-state index in [-0.39, 0.29) is 23.7 Å². The average Bonchev–Trinajstić information content (AvgIpc) is 2.79. The third kappa shape index (κ3) is 6.55. The molecule has 176 valence electrons. The number of rotatable bonds is 6. The van der Waals surface area contributed by atoms with Crippen LogP contribution >= 0.6 is 11.6 Å². The number of carbonyl (C=O) groups is 2. The number of ether oxygens (including phenoxy) is 1. The van der Waals surface area contributed by atoms with Gasteiger partial charge >= 0.3 is 18.2 Å². The van der Waals surface area contributed by atoms with Crippen molar-refractivity contribution in [2.45, 2.75) is 13.1 Å². The number of anilines is 2. The van der Waals surface area contributed by atoms with E-state index in [1.807, 2.05) is 0 Å². The third-order valence-corrected chi connectivity index (χ3v) is 4.64. The quantitative estimate of drug-likeness (QED) is 0.275. The molecule has 0 spiro atoms. The van der Waals surface area contributed by atoms with Gasteiger partial charge in [0.2, 0.25) is 0 Å². The van der Waals surface area contributed by atoms with E-state index in [1.165, 1.54) is 12.1 Å². The number of hydrogen-bond donors (Lipinski definition) is 2. The molecule has 0 aliphatic heterocycles. The molecule has 0 radical (unpaired) electrons. The van der Waals surface area contributed by atoms with Crippen LogP contribution in [0.2, 0.25) is 5.02 Å². The van der Waals surface area contributed by atoms with Crippen LogP contribution in [0.15, 0.2) is 77.0 Å². The number of nitrogens with one attached hydrogen (secondary N) is 2. The van der Waals surface area contributed by atoms with Crippen molar-refractivity contribution in [3.63, 3.8) is 0 Å². The Balaban J connectivity index is 1.74. The van der Waals surface area contributed by atoms with Gasteiger partial charge in [-0.2, -0.15) is 18.3 Å². The molecule has 0 atom stereocenters. The minimum absolute atomic E-state index is 0.0934. The molecule has 0 heterocycles. The van der Waals surface area contributed by atoms with Gasteiger partial charge in [-0.15, -0.1) is 5.11 Å². The number of urea groups is 1. The number of azo groups is 1. The Morgan fingerprint density at radius 3 is 2.47 bits per heavy atom. The van der Waals surface area contributed by atoms with Gasteiger partial charge in [-0.3, -0.25) is 0 Å². The lowest BCUT2D eigenvalue weighted by molar-refractivity contribution is -0.137. The first-order valence-corrected chi connectivity index (χ1v) is 10.3. The van der Waals surface area contributed by atoms with Crippen LogP contribution in [0.1, 0.15) is 22.8 Å². The Morgan fingerprint density at radius 1 is 0.971 bits per heavy atom. The first-order chi connectivity index (χ1) is 16.2. The van der Waals surface area contributed by atoms with Crippen molar-refractivity contribution in [3.8, 4) is 0 Å². The second-order valence-corrected chi connectivity index (χ2v) is 7.17. The molecule has 3 rings (SSSR count). The number of halogens is 4. The fourth-order valence-corrected chi connectivity index (χ4v) is 3.02. The Labute approximate surface area is 197 Å². The molecule has 2 amide bonds. The lowest BCUT2D eigenvalue weighted by Crippen LogP contribution is -2.20. The predicted octanol–water partition coefficient (Wildman–Crippen LogP) is 7.59. The molecule has 0 saturated heterocycles. The smallest absolute Gasteiger partial charge is 0.417 e. The molecular formula is C23H18ClF3N4O3. The summed E-state index contributed by atoms with van der Waals surface area (Å²) in [4.78, 5) is 24.2. The van der Waals surface area contributed by atoms with E-state index < -0.39 is 28.8 Å². The molecular weight excluding hydrogens is 473 g/mol. The summed E-state index contributed by atoms with van der Waals surface area (Å²) >= 11 is 5.60. The van der Waals surface area contributed by atoms with Gasteiger partial charge < -0.3 is 15.4 Å². The van der Waals surface area contributed by atoms with E-state index in [0.29, 0.717) is 11.3 Å². The van der Waals surface area contributed by atoms with E-state index in [9.17, 15) is 22.8 Å². The largest absolute Gasteiger partial charge is 0.462 e. The van der Waals surface area contributed by atoms with E-state index in [4.69, 9.17) is 16.3 Å². The molecule has 0 aliphatic carbocycles. The summed E-state index contributed by atoms with van der Waals surface area (Å²) in [5, 5.41) is 12.6. The van der Waals surface area contributed by atoms with Crippen molar-refractivity contribution in [2.75, 3.05) is 17.2 Å². The van der Waals surface area contributed by atoms with Gasteiger partial charge in [-0.25, -0.2) is 9.59 Å². The second kappa shape index (κ2) is 10.8. The lowest BCUT2D eigenvalue weighted by atomic mass is 10.2. The van der Waals surface area contributed by atoms with Crippen LogP contribution < -0.4 is 10.6 Å². The monoisotopic (exact) mass is 490 g/mol. The van der Waals surface area contributed by atoms with Crippen molar-refractivity contribution < 1.29 is 27.5 Å². The van der Waals surface area contributed by atoms with Crippen LogP contribution in [0, 0.1) is 0 Å². The maximum atomic E-state index is 13.0. The molecule has 0 unspecified atom stereocenters. The number of amides is 2. The normalized spacial score (nSPS) is 11.3. The minimum Gasteiger partial charge on any atom is -0.462 e. The van der Waals surface area contributed by atoms with Crippen molar-refractivity contribution in [2.24, 2.45) is 10.2 Å². The van der Waals surface area contributed by atoms with Crippen LogP contribution in [-0.4, -0.2) is 18.6 Å². The lowest BCUT2D eigenvalue weighted by Gasteiger charge is -2.13. The van der Waals surface area contributed by atoms with Gasteiger partial charge in [0.15, 0.2) is 0 Å². The zero-order valence-corrected chi connectivity index (χ0v) is 18.4. The van der Waals surface area contributed by atoms with Gasteiger partial charge in [0.1, 0.15) is 5.69 Å². The summed E-state index contributed by atoms with van der Waals surface area (Å²) in [6, 6.07) is 15.0. The van der Waals surface area contributed by atoms with Crippen LogP contribution in [-0.2, 0) is 10.9 Å². The number of para-hydroxylation sites is 1. The van der Waals surface area contributed by atoms with E-state index >= 15 is 0 Å². The summed E-state index contributed by atoms with van der Waals surface area (Å²) in [5.41, 5.74) is 0.0767. The molecule has 3 aromatic rings. The Hall–Kier alpha value is -3.92. The molecule has 2 N–H and O–H groups in total. The highest BCUT2D eigenvalue weighted by atomic mass is 35.5. The van der Waals surface area contributed by atoms with Gasteiger partial charge in [-0.05, 0) is 55.5 Å². The topological polar surface area (TPSA) is 92.2 Å². The highest BCUT2D eigenvalue weighted by Crippen LogP contribution is 2.36. The first kappa shape index (κ1) is 24.7. The Bertz CT molecular complexity index is 1230. The zero-order chi connectivity index (χ0) is 24.7. The van der Waals surface area contributed by atoms with Gasteiger partial charge in [-0.1, -0.05) is 29.8 Å². The molecule has 0 aromatic heterocycles. The molecule has 7 nitrogen and oxygen atoms in total. The first-order valence-electron chi connectivity index (χ1n) is 9.90. The highest BCUT2D eigenvalue weighted by Gasteiger charge is 2.33. The fraction of sp³-hybridized carbons (Fsp3) is 0.130. The summed E-state index contributed by atoms with van der Waals surface area (Å²) in [6.07, 6.45) is -4.66. The van der Waals surface area contributed by atoms with Crippen LogP contribution in [0.25, 0.3) is 0 Å². The van der Waals surface area contributed by atoms with E-state index in [0.717, 1.165) is 12.1 Å². The summed E-state index contributed by atoms with van der Waals surface area (Å²) in [6.45, 7) is 1.93. The molecule has 0 bridgehead atoms. The molecule has 0 aliphatic rings. The fourth-order valence-electron chi connectivity index (χ4n) is 2.79. The summed E-state index contributed by atoms with van der Waals surface area (Å²) in [5.74, 6) is -0.492. The molecule has 0 saturated carbocycles. The predicted molar refractivity (Wildman–Crippen MR) is 122 cm³/mol. The zero-order valence-electron chi connectivity index (χ0n) is 17.7. The standard InChI is InChI=1S/C23H18ClF3N4O3/c1-2-34-21(32)14-6-5-7-16(12-14)30-31-20-9-4-3-8-19(20)29-22(33)28-15-10-11-18(24)17(13-15)23(25,26)27/h3-13H,2H2,1H3,(H2,28,29,33). The highest BCUT2D eigenvalue weighted by molar-refractivity contribution is 6.31. The number of alkyl halides is 3. The summed E-state index contributed by atoms with van der Waals surface area (Å²) < 4.78 is 44.1. The second-order valence-electron chi connectivity index (χ2n) is 6.76. The number of benzene rings is 3. The van der Waals surface area contributed by atoms with Crippen molar-refractivity contribution in [3.05, 3.63) is 82.9 Å². The van der Waals surface area contributed by atoms with Gasteiger partial charge in [0.25, 0.3) is 0 Å². The minimum atomic E-state index is -4.66. The number of hydrogen-bond acceptors (Lipinski definition) is 5.